The number of benzene rings is 1. The number of hydrogen-bond acceptors (Lipinski definition) is 2. The molecule has 74 valence electrons. The van der Waals surface area contributed by atoms with Crippen molar-refractivity contribution in [3.05, 3.63) is 29.1 Å². The number of anilines is 2. The third-order valence-corrected chi connectivity index (χ3v) is 1.93. The van der Waals surface area contributed by atoms with Crippen molar-refractivity contribution in [1.29, 1.82) is 0 Å². The Hall–Kier alpha value is -1.69. The van der Waals surface area contributed by atoms with Gasteiger partial charge in [-0.3, -0.25) is 0 Å². The van der Waals surface area contributed by atoms with Gasteiger partial charge in [0.15, 0.2) is 5.69 Å². The molecule has 1 aromatic rings. The highest BCUT2D eigenvalue weighted by molar-refractivity contribution is 5.74. The summed E-state index contributed by atoms with van der Waals surface area (Å²) in [5, 5.41) is 3.21. The molecule has 1 rings (SSSR count). The minimum absolute atomic E-state index is 0.318. The van der Waals surface area contributed by atoms with E-state index in [-0.39, 0.29) is 0 Å². The fraction of sp³-hybridized carbons (Fsp3) is 0.364. The molecule has 0 aliphatic heterocycles. The number of aryl methyl sites for hydroxylation is 1. The molecule has 1 aromatic carbocycles. The quantitative estimate of drug-likeness (QED) is 0.555. The molecule has 0 aliphatic rings. The van der Waals surface area contributed by atoms with E-state index < -0.39 is 0 Å². The first-order valence-electron chi connectivity index (χ1n) is 4.58. The van der Waals surface area contributed by atoms with Gasteiger partial charge >= 0.3 is 0 Å². The first-order chi connectivity index (χ1) is 6.54. The van der Waals surface area contributed by atoms with Gasteiger partial charge in [0.05, 0.1) is 12.3 Å². The largest absolute Gasteiger partial charge is 0.397 e. The van der Waals surface area contributed by atoms with Crippen LogP contribution in [-0.2, 0) is 0 Å². The van der Waals surface area contributed by atoms with Gasteiger partial charge in [-0.05, 0) is 38.5 Å². The van der Waals surface area contributed by atoms with Crippen LogP contribution in [0.3, 0.4) is 0 Å². The summed E-state index contributed by atoms with van der Waals surface area (Å²) in [5.41, 5.74) is 8.95. The smallest absolute Gasteiger partial charge is 0.192 e. The molecule has 3 heteroatoms. The maximum absolute atomic E-state index is 6.99. The second-order valence-corrected chi connectivity index (χ2v) is 3.64. The van der Waals surface area contributed by atoms with Crippen molar-refractivity contribution in [3.63, 3.8) is 0 Å². The average molecular weight is 189 g/mol. The van der Waals surface area contributed by atoms with Crippen LogP contribution >= 0.6 is 0 Å². The monoisotopic (exact) mass is 189 g/mol. The highest BCUT2D eigenvalue weighted by Gasteiger charge is 2.05. The van der Waals surface area contributed by atoms with E-state index in [1.165, 1.54) is 0 Å². The van der Waals surface area contributed by atoms with Gasteiger partial charge in [0.1, 0.15) is 0 Å². The molecule has 0 fully saturated rings. The van der Waals surface area contributed by atoms with E-state index in [4.69, 9.17) is 12.3 Å². The number of hydrogen-bond donors (Lipinski definition) is 2. The second-order valence-electron chi connectivity index (χ2n) is 3.64. The SMILES string of the molecule is [C-]#[N+]c1cc(NC(C)C)c(N)cc1C. The summed E-state index contributed by atoms with van der Waals surface area (Å²) in [5.74, 6) is 0. The normalized spacial score (nSPS) is 9.93. The van der Waals surface area contributed by atoms with Crippen LogP contribution in [0.15, 0.2) is 12.1 Å². The number of nitrogen functional groups attached to an aromatic ring is 1. The highest BCUT2D eigenvalue weighted by atomic mass is 14.9. The highest BCUT2D eigenvalue weighted by Crippen LogP contribution is 2.29. The Morgan fingerprint density at radius 1 is 1.43 bits per heavy atom. The van der Waals surface area contributed by atoms with Gasteiger partial charge in [0.25, 0.3) is 0 Å². The number of rotatable bonds is 2. The molecule has 0 atom stereocenters. The molecule has 0 saturated heterocycles. The topological polar surface area (TPSA) is 42.4 Å². The van der Waals surface area contributed by atoms with E-state index in [2.05, 4.69) is 10.2 Å². The van der Waals surface area contributed by atoms with Crippen LogP contribution in [0, 0.1) is 13.5 Å². The van der Waals surface area contributed by atoms with Crippen molar-refractivity contribution < 1.29 is 0 Å². The maximum Gasteiger partial charge on any atom is 0.192 e. The van der Waals surface area contributed by atoms with Gasteiger partial charge in [-0.15, -0.1) is 0 Å². The van der Waals surface area contributed by atoms with Crippen LogP contribution in [0.5, 0.6) is 0 Å². The summed E-state index contributed by atoms with van der Waals surface area (Å²) < 4.78 is 0. The molecule has 14 heavy (non-hydrogen) atoms. The predicted octanol–water partition coefficient (Wildman–Crippen LogP) is 2.95. The maximum atomic E-state index is 6.99. The Labute approximate surface area is 84.7 Å². The Balaban J connectivity index is 3.12. The van der Waals surface area contributed by atoms with Crippen LogP contribution in [0.2, 0.25) is 0 Å². The molecule has 0 saturated carbocycles. The average Bonchev–Trinajstić information content (AvgIpc) is 2.09. The molecule has 0 heterocycles. The predicted molar refractivity (Wildman–Crippen MR) is 60.6 cm³/mol. The van der Waals surface area contributed by atoms with E-state index in [0.29, 0.717) is 17.4 Å². The molecule has 0 aliphatic carbocycles. The van der Waals surface area contributed by atoms with Crippen LogP contribution in [0.1, 0.15) is 19.4 Å². The molecule has 0 radical (unpaired) electrons. The van der Waals surface area contributed by atoms with Gasteiger partial charge in [0, 0.05) is 11.7 Å². The Morgan fingerprint density at radius 2 is 2.07 bits per heavy atom. The molecule has 0 bridgehead atoms. The zero-order chi connectivity index (χ0) is 10.7. The fourth-order valence-electron chi connectivity index (χ4n) is 1.28. The van der Waals surface area contributed by atoms with Crippen molar-refractivity contribution in [2.75, 3.05) is 11.1 Å². The molecular formula is C11H15N3. The lowest BCUT2D eigenvalue weighted by Gasteiger charge is -2.13. The van der Waals surface area contributed by atoms with Gasteiger partial charge in [-0.2, -0.15) is 0 Å². The van der Waals surface area contributed by atoms with Crippen molar-refractivity contribution in [1.82, 2.24) is 0 Å². The van der Waals surface area contributed by atoms with Gasteiger partial charge in [0.2, 0.25) is 0 Å². The molecule has 0 aromatic heterocycles. The summed E-state index contributed by atoms with van der Waals surface area (Å²) in [6, 6.07) is 3.95. The number of nitrogens with zero attached hydrogens (tertiary/aromatic N) is 1. The Bertz CT molecular complexity index is 375. The van der Waals surface area contributed by atoms with E-state index >= 15 is 0 Å². The number of nitrogens with one attached hydrogen (secondary N) is 1. The van der Waals surface area contributed by atoms with Crippen LogP contribution in [0.25, 0.3) is 4.85 Å². The van der Waals surface area contributed by atoms with Gasteiger partial charge < -0.3 is 11.1 Å². The molecule has 0 amide bonds. The lowest BCUT2D eigenvalue weighted by atomic mass is 10.1. The first kappa shape index (κ1) is 10.4. The fourth-order valence-corrected chi connectivity index (χ4v) is 1.28. The third kappa shape index (κ3) is 2.17. The lowest BCUT2D eigenvalue weighted by Crippen LogP contribution is -2.11. The molecule has 3 N–H and O–H groups in total. The molecule has 0 spiro atoms. The van der Waals surface area contributed by atoms with Gasteiger partial charge in [-0.25, -0.2) is 4.85 Å². The summed E-state index contributed by atoms with van der Waals surface area (Å²) >= 11 is 0. The molecular weight excluding hydrogens is 174 g/mol. The van der Waals surface area contributed by atoms with E-state index in [1.54, 1.807) is 6.07 Å². The third-order valence-electron chi connectivity index (χ3n) is 1.93. The molecule has 0 unspecified atom stereocenters. The van der Waals surface area contributed by atoms with Crippen LogP contribution in [0.4, 0.5) is 17.1 Å². The van der Waals surface area contributed by atoms with Crippen molar-refractivity contribution >= 4 is 17.1 Å². The zero-order valence-corrected chi connectivity index (χ0v) is 8.76. The first-order valence-corrected chi connectivity index (χ1v) is 4.58. The van der Waals surface area contributed by atoms with E-state index in [1.807, 2.05) is 26.8 Å². The van der Waals surface area contributed by atoms with Gasteiger partial charge in [-0.1, -0.05) is 0 Å². The molecule has 3 nitrogen and oxygen atoms in total. The second kappa shape index (κ2) is 4.01. The summed E-state index contributed by atoms with van der Waals surface area (Å²) in [6.07, 6.45) is 0. The van der Waals surface area contributed by atoms with Crippen molar-refractivity contribution in [2.45, 2.75) is 26.8 Å². The summed E-state index contributed by atoms with van der Waals surface area (Å²) in [6.45, 7) is 13.0. The summed E-state index contributed by atoms with van der Waals surface area (Å²) in [4.78, 5) is 3.43. The minimum atomic E-state index is 0.318. The Morgan fingerprint density at radius 3 is 2.57 bits per heavy atom. The minimum Gasteiger partial charge on any atom is -0.397 e. The van der Waals surface area contributed by atoms with E-state index in [9.17, 15) is 0 Å². The van der Waals surface area contributed by atoms with Crippen molar-refractivity contribution in [3.8, 4) is 0 Å². The standard InChI is InChI=1S/C11H15N3/c1-7(2)14-11-6-10(13-4)8(3)5-9(11)12/h5-7,14H,12H2,1-3H3. The number of nitrogens with two attached hydrogens (primary N) is 1. The van der Waals surface area contributed by atoms with Crippen LogP contribution < -0.4 is 11.1 Å². The lowest BCUT2D eigenvalue weighted by molar-refractivity contribution is 0.900. The summed E-state index contributed by atoms with van der Waals surface area (Å²) in [7, 11) is 0. The van der Waals surface area contributed by atoms with Crippen molar-refractivity contribution in [2.24, 2.45) is 0 Å². The van der Waals surface area contributed by atoms with E-state index in [0.717, 1.165) is 11.3 Å². The Kier molecular flexibility index (Phi) is 2.98. The van der Waals surface area contributed by atoms with Crippen LogP contribution in [-0.4, -0.2) is 6.04 Å². The zero-order valence-electron chi connectivity index (χ0n) is 8.76.